The molecule has 0 N–H and O–H groups in total. The minimum atomic E-state index is -0.498. The number of thiazole rings is 1. The second kappa shape index (κ2) is 8.27. The Morgan fingerprint density at radius 2 is 1.94 bits per heavy atom. The highest BCUT2D eigenvalue weighted by molar-refractivity contribution is 7.15. The van der Waals surface area contributed by atoms with Gasteiger partial charge in [0.2, 0.25) is 0 Å². The van der Waals surface area contributed by atoms with E-state index in [0.717, 1.165) is 29.4 Å². The largest absolute Gasteiger partial charge is 0.444 e. The molecule has 0 unspecified atom stereocenters. The van der Waals surface area contributed by atoms with Crippen LogP contribution in [0.3, 0.4) is 0 Å². The average molecular weight is 444 g/mol. The Morgan fingerprint density at radius 3 is 2.61 bits per heavy atom. The molecule has 1 aliphatic rings. The number of amides is 1. The minimum absolute atomic E-state index is 0.0794. The lowest BCUT2D eigenvalue weighted by Gasteiger charge is -2.35. The quantitative estimate of drug-likeness (QED) is 0.447. The maximum Gasteiger partial charge on any atom is 0.410 e. The van der Waals surface area contributed by atoms with Crippen LogP contribution < -0.4 is 0 Å². The highest BCUT2D eigenvalue weighted by Crippen LogP contribution is 2.33. The van der Waals surface area contributed by atoms with Gasteiger partial charge in [0.05, 0.1) is 21.9 Å². The summed E-state index contributed by atoms with van der Waals surface area (Å²) in [7, 11) is 0. The number of hydrogen-bond acceptors (Lipinski definition) is 7. The first-order chi connectivity index (χ1) is 14.7. The zero-order chi connectivity index (χ0) is 22.2. The van der Waals surface area contributed by atoms with E-state index >= 15 is 0 Å². The Bertz CT molecular complexity index is 1110. The number of fused-ring (bicyclic) bond motifs is 1. The van der Waals surface area contributed by atoms with E-state index in [-0.39, 0.29) is 16.7 Å². The third-order valence-electron chi connectivity index (χ3n) is 5.05. The normalized spacial score (nSPS) is 15.4. The van der Waals surface area contributed by atoms with Crippen LogP contribution in [-0.2, 0) is 11.3 Å². The highest BCUT2D eigenvalue weighted by atomic mass is 32.1. The molecular formula is C21H25N5O4S. The summed E-state index contributed by atoms with van der Waals surface area (Å²) < 4.78 is 7.36. The van der Waals surface area contributed by atoms with Crippen molar-refractivity contribution in [1.82, 2.24) is 19.2 Å². The summed E-state index contributed by atoms with van der Waals surface area (Å²) in [5.41, 5.74) is 1.82. The Labute approximate surface area is 184 Å². The van der Waals surface area contributed by atoms with Crippen LogP contribution in [0.15, 0.2) is 35.8 Å². The molecule has 1 fully saturated rings. The molecule has 0 aliphatic carbocycles. The molecule has 164 valence electrons. The minimum Gasteiger partial charge on any atom is -0.444 e. The molecule has 0 saturated carbocycles. The van der Waals surface area contributed by atoms with E-state index < -0.39 is 5.60 Å². The summed E-state index contributed by atoms with van der Waals surface area (Å²) in [6.07, 6.45) is 1.67. The zero-order valence-corrected chi connectivity index (χ0v) is 18.6. The number of ether oxygens (including phenoxy) is 1. The second-order valence-electron chi connectivity index (χ2n) is 8.52. The molecule has 1 aliphatic heterocycles. The number of hydrogen-bond donors (Lipinski definition) is 0. The Morgan fingerprint density at radius 1 is 1.23 bits per heavy atom. The van der Waals surface area contributed by atoms with Gasteiger partial charge in [-0.1, -0.05) is 12.1 Å². The molecule has 2 aromatic heterocycles. The third kappa shape index (κ3) is 4.70. The molecule has 1 amide bonds. The van der Waals surface area contributed by atoms with Gasteiger partial charge in [-0.25, -0.2) is 9.78 Å². The van der Waals surface area contributed by atoms with Crippen LogP contribution in [0, 0.1) is 10.1 Å². The fraction of sp³-hybridized carbons (Fsp3) is 0.429. The number of nitro groups is 1. The zero-order valence-electron chi connectivity index (χ0n) is 17.8. The van der Waals surface area contributed by atoms with Crippen molar-refractivity contribution in [2.45, 2.75) is 32.9 Å². The molecule has 1 aromatic carbocycles. The van der Waals surface area contributed by atoms with E-state index in [1.165, 1.54) is 17.4 Å². The molecule has 3 aromatic rings. The van der Waals surface area contributed by atoms with Gasteiger partial charge in [0.15, 0.2) is 4.96 Å². The topological polar surface area (TPSA) is 93.2 Å². The number of imidazole rings is 1. The molecular weight excluding hydrogens is 418 g/mol. The van der Waals surface area contributed by atoms with E-state index in [4.69, 9.17) is 9.72 Å². The molecule has 3 heterocycles. The van der Waals surface area contributed by atoms with E-state index in [9.17, 15) is 14.9 Å². The second-order valence-corrected chi connectivity index (χ2v) is 9.36. The summed E-state index contributed by atoms with van der Waals surface area (Å²) >= 11 is 1.46. The highest BCUT2D eigenvalue weighted by Gasteiger charge is 2.26. The van der Waals surface area contributed by atoms with Gasteiger partial charge < -0.3 is 9.64 Å². The number of para-hydroxylation sites is 1. The summed E-state index contributed by atoms with van der Waals surface area (Å²) in [5.74, 6) is 0. The lowest BCUT2D eigenvalue weighted by atomic mass is 10.1. The van der Waals surface area contributed by atoms with Gasteiger partial charge in [0.1, 0.15) is 5.60 Å². The Balaban J connectivity index is 1.45. The molecule has 0 spiro atoms. The first-order valence-corrected chi connectivity index (χ1v) is 11.0. The Kier molecular flexibility index (Phi) is 5.67. The number of nitro benzene ring substituents is 1. The number of piperazine rings is 1. The van der Waals surface area contributed by atoms with Crippen LogP contribution >= 0.6 is 11.3 Å². The fourth-order valence-corrected chi connectivity index (χ4v) is 4.49. The maximum absolute atomic E-state index is 12.2. The van der Waals surface area contributed by atoms with Crippen molar-refractivity contribution in [3.05, 3.63) is 51.7 Å². The lowest BCUT2D eigenvalue weighted by molar-refractivity contribution is -0.384. The van der Waals surface area contributed by atoms with Crippen molar-refractivity contribution < 1.29 is 14.5 Å². The van der Waals surface area contributed by atoms with Crippen molar-refractivity contribution in [2.24, 2.45) is 0 Å². The van der Waals surface area contributed by atoms with Crippen LogP contribution in [0.25, 0.3) is 16.2 Å². The number of benzene rings is 1. The third-order valence-corrected chi connectivity index (χ3v) is 5.89. The maximum atomic E-state index is 12.2. The summed E-state index contributed by atoms with van der Waals surface area (Å²) in [5, 5.41) is 13.3. The van der Waals surface area contributed by atoms with Gasteiger partial charge in [-0.2, -0.15) is 0 Å². The number of aromatic nitrogens is 2. The van der Waals surface area contributed by atoms with Gasteiger partial charge >= 0.3 is 6.09 Å². The summed E-state index contributed by atoms with van der Waals surface area (Å²) in [4.78, 5) is 32.8. The molecule has 4 rings (SSSR count). The van der Waals surface area contributed by atoms with Gasteiger partial charge in [-0.15, -0.1) is 11.3 Å². The SMILES string of the molecule is CC(C)(C)OC(=O)N1CCN(Cc2cn3c(-c4ccccc4[N+](=O)[O-])csc3n2)CC1. The molecule has 0 radical (unpaired) electrons. The van der Waals surface area contributed by atoms with Crippen LogP contribution in [0.2, 0.25) is 0 Å². The average Bonchev–Trinajstić information content (AvgIpc) is 3.27. The van der Waals surface area contributed by atoms with Crippen LogP contribution in [0.4, 0.5) is 10.5 Å². The monoisotopic (exact) mass is 443 g/mol. The molecule has 1 saturated heterocycles. The van der Waals surface area contributed by atoms with Crippen LogP contribution in [0.5, 0.6) is 0 Å². The number of rotatable bonds is 4. The smallest absolute Gasteiger partial charge is 0.410 e. The van der Waals surface area contributed by atoms with Gasteiger partial charge in [0.25, 0.3) is 5.69 Å². The summed E-state index contributed by atoms with van der Waals surface area (Å²) in [6, 6.07) is 6.74. The van der Waals surface area contributed by atoms with Crippen molar-refractivity contribution in [2.75, 3.05) is 26.2 Å². The van der Waals surface area contributed by atoms with Crippen LogP contribution in [-0.4, -0.2) is 62.0 Å². The first kappa shape index (κ1) is 21.3. The van der Waals surface area contributed by atoms with Crippen LogP contribution in [0.1, 0.15) is 26.5 Å². The first-order valence-electron chi connectivity index (χ1n) is 10.1. The van der Waals surface area contributed by atoms with E-state index in [1.807, 2.05) is 36.7 Å². The number of carbonyl (C=O) groups excluding carboxylic acids is 1. The van der Waals surface area contributed by atoms with E-state index in [1.54, 1.807) is 23.1 Å². The molecule has 9 nitrogen and oxygen atoms in total. The van der Waals surface area contributed by atoms with Crippen molar-refractivity contribution in [1.29, 1.82) is 0 Å². The fourth-order valence-electron chi connectivity index (χ4n) is 3.59. The number of nitrogens with zero attached hydrogens (tertiary/aromatic N) is 5. The molecule has 10 heteroatoms. The van der Waals surface area contributed by atoms with E-state index in [0.29, 0.717) is 25.2 Å². The predicted octanol–water partition coefficient (Wildman–Crippen LogP) is 4.02. The van der Waals surface area contributed by atoms with Gasteiger partial charge in [-0.3, -0.25) is 19.4 Å². The van der Waals surface area contributed by atoms with Gasteiger partial charge in [-0.05, 0) is 26.8 Å². The van der Waals surface area contributed by atoms with Gasteiger partial charge in [0, 0.05) is 50.4 Å². The predicted molar refractivity (Wildman–Crippen MR) is 118 cm³/mol. The van der Waals surface area contributed by atoms with Crippen molar-refractivity contribution in [3.8, 4) is 11.3 Å². The summed E-state index contributed by atoms with van der Waals surface area (Å²) in [6.45, 7) is 8.95. The molecule has 0 bridgehead atoms. The van der Waals surface area contributed by atoms with Crippen molar-refractivity contribution >= 4 is 28.1 Å². The number of carbonyl (C=O) groups is 1. The lowest BCUT2D eigenvalue weighted by Crippen LogP contribution is -2.49. The standard InChI is InChI=1S/C21H25N5O4S/c1-21(2,3)30-20(27)24-10-8-23(9-11-24)12-15-13-25-18(14-31-19(25)22-15)16-6-4-5-7-17(16)26(28)29/h4-7,13-14H,8-12H2,1-3H3. The van der Waals surface area contributed by atoms with E-state index in [2.05, 4.69) is 4.90 Å². The Hall–Kier alpha value is -2.98. The molecule has 0 atom stereocenters. The van der Waals surface area contributed by atoms with Crippen molar-refractivity contribution in [3.63, 3.8) is 0 Å². The molecule has 31 heavy (non-hydrogen) atoms.